The lowest BCUT2D eigenvalue weighted by Crippen LogP contribution is -2.44. The van der Waals surface area contributed by atoms with Gasteiger partial charge in [-0.15, -0.1) is 0 Å². The van der Waals surface area contributed by atoms with Gasteiger partial charge in [0, 0.05) is 24.6 Å². The monoisotopic (exact) mass is 353 g/mol. The van der Waals surface area contributed by atoms with Crippen molar-refractivity contribution >= 4 is 5.91 Å². The van der Waals surface area contributed by atoms with Crippen LogP contribution >= 0.6 is 0 Å². The second kappa shape index (κ2) is 8.04. The molecule has 5 heteroatoms. The first-order chi connectivity index (χ1) is 12.8. The maximum absolute atomic E-state index is 12.7. The molecule has 1 aromatic carbocycles. The zero-order chi connectivity index (χ0) is 17.8. The van der Waals surface area contributed by atoms with Gasteiger partial charge in [0.2, 0.25) is 11.8 Å². The van der Waals surface area contributed by atoms with Gasteiger partial charge in [-0.1, -0.05) is 30.3 Å². The van der Waals surface area contributed by atoms with Crippen molar-refractivity contribution in [2.24, 2.45) is 5.92 Å². The Morgan fingerprint density at radius 1 is 1.04 bits per heavy atom. The standard InChI is InChI=1S/C21H27N3O2/c25-21(24-11-5-2-6-12-24)18-9-13-23(14-10-18)16-20-22-15-19(26-20)17-7-3-1-4-8-17/h1,3-4,7-8,15,18H,2,5-6,9-14,16H2. The third-order valence-electron chi connectivity index (χ3n) is 5.58. The second-order valence-electron chi connectivity index (χ2n) is 7.42. The molecule has 5 nitrogen and oxygen atoms in total. The van der Waals surface area contributed by atoms with Crippen LogP contribution in [-0.4, -0.2) is 46.9 Å². The van der Waals surface area contributed by atoms with E-state index in [2.05, 4.69) is 14.8 Å². The fraction of sp³-hybridized carbons (Fsp3) is 0.524. The van der Waals surface area contributed by atoms with Crippen molar-refractivity contribution in [2.45, 2.75) is 38.6 Å². The van der Waals surface area contributed by atoms with Gasteiger partial charge in [0.15, 0.2) is 5.76 Å². The van der Waals surface area contributed by atoms with E-state index in [4.69, 9.17) is 4.42 Å². The molecule has 0 bridgehead atoms. The summed E-state index contributed by atoms with van der Waals surface area (Å²) in [5, 5.41) is 0. The van der Waals surface area contributed by atoms with Gasteiger partial charge in [-0.2, -0.15) is 0 Å². The van der Waals surface area contributed by atoms with E-state index in [1.807, 2.05) is 30.3 Å². The predicted molar refractivity (Wildman–Crippen MR) is 100 cm³/mol. The minimum Gasteiger partial charge on any atom is -0.439 e. The number of carbonyl (C=O) groups is 1. The lowest BCUT2D eigenvalue weighted by Gasteiger charge is -2.35. The Bertz CT molecular complexity index is 714. The van der Waals surface area contributed by atoms with Gasteiger partial charge in [-0.25, -0.2) is 4.98 Å². The molecule has 3 heterocycles. The van der Waals surface area contributed by atoms with Gasteiger partial charge in [-0.3, -0.25) is 9.69 Å². The number of hydrogen-bond acceptors (Lipinski definition) is 4. The first kappa shape index (κ1) is 17.3. The average molecular weight is 353 g/mol. The topological polar surface area (TPSA) is 49.6 Å². The van der Waals surface area contributed by atoms with Crippen LogP contribution in [0.1, 0.15) is 38.0 Å². The third kappa shape index (κ3) is 3.98. The predicted octanol–water partition coefficient (Wildman–Crippen LogP) is 3.57. The Morgan fingerprint density at radius 3 is 2.50 bits per heavy atom. The Hall–Kier alpha value is -2.14. The maximum Gasteiger partial charge on any atom is 0.225 e. The molecule has 138 valence electrons. The summed E-state index contributed by atoms with van der Waals surface area (Å²) >= 11 is 0. The van der Waals surface area contributed by atoms with E-state index in [0.717, 1.165) is 62.8 Å². The van der Waals surface area contributed by atoms with E-state index in [0.29, 0.717) is 5.91 Å². The summed E-state index contributed by atoms with van der Waals surface area (Å²) in [6, 6.07) is 10.1. The van der Waals surface area contributed by atoms with Crippen molar-refractivity contribution in [3.8, 4) is 11.3 Å². The van der Waals surface area contributed by atoms with E-state index in [1.165, 1.54) is 19.3 Å². The fourth-order valence-corrected chi connectivity index (χ4v) is 4.02. The summed E-state index contributed by atoms with van der Waals surface area (Å²) in [7, 11) is 0. The number of amides is 1. The molecule has 1 amide bonds. The smallest absolute Gasteiger partial charge is 0.225 e. The lowest BCUT2D eigenvalue weighted by molar-refractivity contribution is -0.138. The van der Waals surface area contributed by atoms with Crippen LogP contribution in [0.2, 0.25) is 0 Å². The quantitative estimate of drug-likeness (QED) is 0.843. The summed E-state index contributed by atoms with van der Waals surface area (Å²) in [6.45, 7) is 4.51. The van der Waals surface area contributed by atoms with Crippen LogP contribution in [0.4, 0.5) is 0 Å². The highest BCUT2D eigenvalue weighted by molar-refractivity contribution is 5.79. The van der Waals surface area contributed by atoms with Crippen LogP contribution in [0.5, 0.6) is 0 Å². The lowest BCUT2D eigenvalue weighted by atomic mass is 9.94. The molecule has 0 spiro atoms. The van der Waals surface area contributed by atoms with Crippen LogP contribution in [0.15, 0.2) is 40.9 Å². The molecule has 0 saturated carbocycles. The van der Waals surface area contributed by atoms with Crippen molar-refractivity contribution in [1.82, 2.24) is 14.8 Å². The molecular formula is C21H27N3O2. The van der Waals surface area contributed by atoms with Gasteiger partial charge >= 0.3 is 0 Å². The summed E-state index contributed by atoms with van der Waals surface area (Å²) < 4.78 is 5.91. The van der Waals surface area contributed by atoms with E-state index < -0.39 is 0 Å². The molecular weight excluding hydrogens is 326 g/mol. The summed E-state index contributed by atoms with van der Waals surface area (Å²) in [5.74, 6) is 2.15. The molecule has 0 aliphatic carbocycles. The number of carbonyl (C=O) groups excluding carboxylic acids is 1. The Morgan fingerprint density at radius 2 is 1.77 bits per heavy atom. The van der Waals surface area contributed by atoms with Gasteiger partial charge in [0.05, 0.1) is 12.7 Å². The molecule has 4 rings (SSSR count). The number of likely N-dealkylation sites (tertiary alicyclic amines) is 2. The third-order valence-corrected chi connectivity index (χ3v) is 5.58. The van der Waals surface area contributed by atoms with Gasteiger partial charge < -0.3 is 9.32 Å². The second-order valence-corrected chi connectivity index (χ2v) is 7.42. The molecule has 2 aromatic rings. The maximum atomic E-state index is 12.7. The Labute approximate surface area is 155 Å². The highest BCUT2D eigenvalue weighted by Gasteiger charge is 2.29. The number of hydrogen-bond donors (Lipinski definition) is 0. The minimum atomic E-state index is 0.203. The van der Waals surface area contributed by atoms with Crippen molar-refractivity contribution < 1.29 is 9.21 Å². The van der Waals surface area contributed by atoms with Crippen LogP contribution in [0.25, 0.3) is 11.3 Å². The molecule has 0 atom stereocenters. The summed E-state index contributed by atoms with van der Waals surface area (Å²) in [5.41, 5.74) is 1.05. The molecule has 2 fully saturated rings. The molecule has 2 aliphatic heterocycles. The fourth-order valence-electron chi connectivity index (χ4n) is 4.02. The van der Waals surface area contributed by atoms with E-state index in [9.17, 15) is 4.79 Å². The van der Waals surface area contributed by atoms with Gasteiger partial charge in [-0.05, 0) is 45.2 Å². The molecule has 0 unspecified atom stereocenters. The van der Waals surface area contributed by atoms with Crippen molar-refractivity contribution in [3.63, 3.8) is 0 Å². The summed E-state index contributed by atoms with van der Waals surface area (Å²) in [4.78, 5) is 21.5. The molecule has 0 radical (unpaired) electrons. The van der Waals surface area contributed by atoms with Crippen molar-refractivity contribution in [3.05, 3.63) is 42.4 Å². The van der Waals surface area contributed by atoms with Crippen molar-refractivity contribution in [1.29, 1.82) is 0 Å². The number of oxazole rings is 1. The molecule has 0 N–H and O–H groups in total. The highest BCUT2D eigenvalue weighted by Crippen LogP contribution is 2.24. The van der Waals surface area contributed by atoms with Crippen molar-refractivity contribution in [2.75, 3.05) is 26.2 Å². The first-order valence-corrected chi connectivity index (χ1v) is 9.81. The normalized spacial score (nSPS) is 19.6. The zero-order valence-corrected chi connectivity index (χ0v) is 15.3. The number of piperidine rings is 2. The Kier molecular flexibility index (Phi) is 5.34. The number of aromatic nitrogens is 1. The van der Waals surface area contributed by atoms with E-state index in [-0.39, 0.29) is 5.92 Å². The van der Waals surface area contributed by atoms with E-state index in [1.54, 1.807) is 6.20 Å². The average Bonchev–Trinajstić information content (AvgIpc) is 3.18. The SMILES string of the molecule is O=C(C1CCN(Cc2ncc(-c3ccccc3)o2)CC1)N1CCCCC1. The molecule has 1 aromatic heterocycles. The number of nitrogens with zero attached hydrogens (tertiary/aromatic N) is 3. The Balaban J connectivity index is 1.29. The molecule has 2 saturated heterocycles. The van der Waals surface area contributed by atoms with Crippen LogP contribution < -0.4 is 0 Å². The zero-order valence-electron chi connectivity index (χ0n) is 15.3. The highest BCUT2D eigenvalue weighted by atomic mass is 16.4. The first-order valence-electron chi connectivity index (χ1n) is 9.81. The molecule has 26 heavy (non-hydrogen) atoms. The van der Waals surface area contributed by atoms with E-state index >= 15 is 0 Å². The number of benzene rings is 1. The largest absolute Gasteiger partial charge is 0.439 e. The summed E-state index contributed by atoms with van der Waals surface area (Å²) in [6.07, 6.45) is 7.29. The molecule has 2 aliphatic rings. The van der Waals surface area contributed by atoms with Crippen LogP contribution in [0.3, 0.4) is 0 Å². The number of rotatable bonds is 4. The van der Waals surface area contributed by atoms with Gasteiger partial charge in [0.1, 0.15) is 0 Å². The minimum absolute atomic E-state index is 0.203. The van der Waals surface area contributed by atoms with Crippen LogP contribution in [-0.2, 0) is 11.3 Å². The van der Waals surface area contributed by atoms with Crippen LogP contribution in [0, 0.1) is 5.92 Å². The van der Waals surface area contributed by atoms with Gasteiger partial charge in [0.25, 0.3) is 0 Å².